The molecule has 0 saturated heterocycles. The highest BCUT2D eigenvalue weighted by atomic mass is 35.5. The number of carbonyl (C=O) groups excluding carboxylic acids is 1. The van der Waals surface area contributed by atoms with E-state index in [9.17, 15) is 4.79 Å². The third-order valence-electron chi connectivity index (χ3n) is 6.05. The second-order valence-electron chi connectivity index (χ2n) is 8.28. The van der Waals surface area contributed by atoms with Gasteiger partial charge in [-0.2, -0.15) is 0 Å². The zero-order valence-corrected chi connectivity index (χ0v) is 14.6. The van der Waals surface area contributed by atoms with Crippen LogP contribution in [0.3, 0.4) is 0 Å². The van der Waals surface area contributed by atoms with E-state index < -0.39 is 0 Å². The van der Waals surface area contributed by atoms with Crippen molar-refractivity contribution in [1.82, 2.24) is 15.5 Å². The molecule has 0 aliphatic heterocycles. The van der Waals surface area contributed by atoms with E-state index in [1.807, 2.05) is 0 Å². The number of amides is 1. The highest BCUT2D eigenvalue weighted by Crippen LogP contribution is 2.55. The first-order valence-corrected chi connectivity index (χ1v) is 9.17. The number of aromatic nitrogens is 2. The van der Waals surface area contributed by atoms with Crippen molar-refractivity contribution in [2.45, 2.75) is 63.8 Å². The molecule has 0 atom stereocenters. The maximum atomic E-state index is 12.9. The Morgan fingerprint density at radius 2 is 1.74 bits per heavy atom. The largest absolute Gasteiger partial charge is 0.345 e. The lowest BCUT2D eigenvalue weighted by molar-refractivity contribution is -0.0168. The lowest BCUT2D eigenvalue weighted by atomic mass is 9.53. The van der Waals surface area contributed by atoms with Crippen molar-refractivity contribution >= 4 is 17.5 Å². The van der Waals surface area contributed by atoms with E-state index in [2.05, 4.69) is 29.4 Å². The van der Waals surface area contributed by atoms with Crippen molar-refractivity contribution < 1.29 is 4.79 Å². The predicted molar refractivity (Wildman–Crippen MR) is 89.5 cm³/mol. The summed E-state index contributed by atoms with van der Waals surface area (Å²) in [4.78, 5) is 12.9. The Morgan fingerprint density at radius 1 is 1.17 bits per heavy atom. The van der Waals surface area contributed by atoms with Crippen LogP contribution in [0.15, 0.2) is 6.07 Å². The van der Waals surface area contributed by atoms with E-state index in [4.69, 9.17) is 11.6 Å². The van der Waals surface area contributed by atoms with Gasteiger partial charge in [-0.15, -0.1) is 10.2 Å². The average Bonchev–Trinajstić information content (AvgIpc) is 2.44. The first-order valence-electron chi connectivity index (χ1n) is 8.80. The monoisotopic (exact) mass is 333 g/mol. The van der Waals surface area contributed by atoms with Gasteiger partial charge >= 0.3 is 0 Å². The number of nitrogens with zero attached hydrogens (tertiary/aromatic N) is 2. The van der Waals surface area contributed by atoms with Gasteiger partial charge in [0.1, 0.15) is 0 Å². The number of hydrogen-bond acceptors (Lipinski definition) is 3. The summed E-state index contributed by atoms with van der Waals surface area (Å²) in [5.41, 5.74) is 1.33. The lowest BCUT2D eigenvalue weighted by Crippen LogP contribution is -2.60. The Hall–Kier alpha value is -1.16. The molecule has 23 heavy (non-hydrogen) atoms. The Balaban J connectivity index is 1.59. The summed E-state index contributed by atoms with van der Waals surface area (Å²) in [6.07, 6.45) is 7.53. The summed E-state index contributed by atoms with van der Waals surface area (Å²) in [6, 6.07) is 1.77. The van der Waals surface area contributed by atoms with Crippen LogP contribution in [-0.2, 0) is 0 Å². The van der Waals surface area contributed by atoms with E-state index in [0.717, 1.165) is 42.6 Å². The molecule has 5 rings (SSSR count). The summed E-state index contributed by atoms with van der Waals surface area (Å²) in [5, 5.41) is 11.7. The minimum Gasteiger partial charge on any atom is -0.345 e. The quantitative estimate of drug-likeness (QED) is 0.911. The fourth-order valence-electron chi connectivity index (χ4n) is 5.56. The summed E-state index contributed by atoms with van der Waals surface area (Å²) in [6.45, 7) is 4.10. The van der Waals surface area contributed by atoms with Crippen LogP contribution in [0, 0.1) is 17.8 Å². The number of nitrogens with one attached hydrogen (secondary N) is 1. The SMILES string of the molecule is CC(C)c1cc(Cl)nnc1C(=O)NC12CC3CC(CC(C3)C1)C2. The van der Waals surface area contributed by atoms with Gasteiger partial charge in [0, 0.05) is 5.54 Å². The molecule has 0 aromatic carbocycles. The van der Waals surface area contributed by atoms with Gasteiger partial charge in [0.05, 0.1) is 0 Å². The molecule has 4 aliphatic carbocycles. The van der Waals surface area contributed by atoms with Gasteiger partial charge in [-0.3, -0.25) is 4.79 Å². The summed E-state index contributed by atoms with van der Waals surface area (Å²) < 4.78 is 0. The fraction of sp³-hybridized carbons (Fsp3) is 0.722. The zero-order valence-electron chi connectivity index (χ0n) is 13.8. The van der Waals surface area contributed by atoms with E-state index in [0.29, 0.717) is 10.8 Å². The fourth-order valence-corrected chi connectivity index (χ4v) is 5.72. The van der Waals surface area contributed by atoms with E-state index >= 15 is 0 Å². The molecule has 5 heteroatoms. The molecular weight excluding hydrogens is 310 g/mol. The Morgan fingerprint density at radius 3 is 2.26 bits per heavy atom. The molecular formula is C18H24ClN3O. The molecule has 1 heterocycles. The second-order valence-corrected chi connectivity index (χ2v) is 8.66. The van der Waals surface area contributed by atoms with Gasteiger partial charge < -0.3 is 5.32 Å². The van der Waals surface area contributed by atoms with Crippen molar-refractivity contribution in [1.29, 1.82) is 0 Å². The normalized spacial score (nSPS) is 34.9. The summed E-state index contributed by atoms with van der Waals surface area (Å²) in [5.74, 6) is 2.55. The van der Waals surface area contributed by atoms with Crippen LogP contribution in [0.5, 0.6) is 0 Å². The van der Waals surface area contributed by atoms with Gasteiger partial charge in [-0.1, -0.05) is 25.4 Å². The third-order valence-corrected chi connectivity index (χ3v) is 6.23. The third kappa shape index (κ3) is 2.75. The topological polar surface area (TPSA) is 54.9 Å². The minimum absolute atomic E-state index is 0.00139. The maximum absolute atomic E-state index is 12.9. The Labute approximate surface area is 142 Å². The molecule has 4 saturated carbocycles. The van der Waals surface area contributed by atoms with Crippen LogP contribution in [0.1, 0.15) is 74.3 Å². The zero-order chi connectivity index (χ0) is 16.2. The lowest BCUT2D eigenvalue weighted by Gasteiger charge is -2.56. The van der Waals surface area contributed by atoms with Crippen molar-refractivity contribution in [2.24, 2.45) is 17.8 Å². The molecule has 4 fully saturated rings. The molecule has 0 unspecified atom stereocenters. The summed E-state index contributed by atoms with van der Waals surface area (Å²) >= 11 is 5.96. The Bertz CT molecular complexity index is 608. The van der Waals surface area contributed by atoms with Crippen molar-refractivity contribution in [3.63, 3.8) is 0 Å². The van der Waals surface area contributed by atoms with Gasteiger partial charge in [-0.05, 0) is 73.8 Å². The maximum Gasteiger partial charge on any atom is 0.272 e. The van der Waals surface area contributed by atoms with E-state index in [-0.39, 0.29) is 17.4 Å². The number of rotatable bonds is 3. The molecule has 1 N–H and O–H groups in total. The van der Waals surface area contributed by atoms with Gasteiger partial charge in [0.15, 0.2) is 10.8 Å². The molecule has 124 valence electrons. The van der Waals surface area contributed by atoms with Gasteiger partial charge in [0.25, 0.3) is 5.91 Å². The van der Waals surface area contributed by atoms with Crippen molar-refractivity contribution in [2.75, 3.05) is 0 Å². The van der Waals surface area contributed by atoms with Gasteiger partial charge in [0.2, 0.25) is 0 Å². The first kappa shape index (κ1) is 15.4. The smallest absolute Gasteiger partial charge is 0.272 e. The van der Waals surface area contributed by atoms with Crippen LogP contribution in [0.2, 0.25) is 5.15 Å². The molecule has 1 aromatic heterocycles. The van der Waals surface area contributed by atoms with Crippen LogP contribution in [0.25, 0.3) is 0 Å². The molecule has 0 spiro atoms. The average molecular weight is 334 g/mol. The van der Waals surface area contributed by atoms with E-state index in [1.165, 1.54) is 19.3 Å². The second kappa shape index (κ2) is 5.44. The van der Waals surface area contributed by atoms with Crippen LogP contribution in [-0.4, -0.2) is 21.6 Å². The standard InChI is InChI=1S/C18H24ClN3O/c1-10(2)14-6-15(19)21-22-16(14)17(23)20-18-7-11-3-12(8-18)5-13(4-11)9-18/h6,10-13H,3-5,7-9H2,1-2H3,(H,20,23). The van der Waals surface area contributed by atoms with Crippen LogP contribution in [0.4, 0.5) is 0 Å². The molecule has 1 amide bonds. The van der Waals surface area contributed by atoms with Gasteiger partial charge in [-0.25, -0.2) is 0 Å². The molecule has 1 aromatic rings. The van der Waals surface area contributed by atoms with Crippen LogP contribution < -0.4 is 5.32 Å². The number of halogens is 1. The molecule has 4 bridgehead atoms. The molecule has 4 aliphatic rings. The van der Waals surface area contributed by atoms with E-state index in [1.54, 1.807) is 6.07 Å². The number of carbonyl (C=O) groups is 1. The highest BCUT2D eigenvalue weighted by Gasteiger charge is 2.51. The van der Waals surface area contributed by atoms with Crippen LogP contribution >= 0.6 is 11.6 Å². The summed E-state index contributed by atoms with van der Waals surface area (Å²) in [7, 11) is 0. The predicted octanol–water partition coefficient (Wildman–Crippen LogP) is 3.95. The highest BCUT2D eigenvalue weighted by molar-refractivity contribution is 6.29. The van der Waals surface area contributed by atoms with Crippen molar-refractivity contribution in [3.8, 4) is 0 Å². The molecule has 0 radical (unpaired) electrons. The first-order chi connectivity index (χ1) is 10.9. The minimum atomic E-state index is -0.0696. The Kier molecular flexibility index (Phi) is 3.63. The van der Waals surface area contributed by atoms with Crippen molar-refractivity contribution in [3.05, 3.63) is 22.5 Å². The molecule has 4 nitrogen and oxygen atoms in total. The number of hydrogen-bond donors (Lipinski definition) is 1.